The molecule has 1 fully saturated rings. The van der Waals surface area contributed by atoms with Gasteiger partial charge in [-0.3, -0.25) is 9.69 Å². The van der Waals surface area contributed by atoms with Crippen LogP contribution in [0.25, 0.3) is 0 Å². The maximum atomic E-state index is 12.1. The normalized spacial score (nSPS) is 27.7. The van der Waals surface area contributed by atoms with Crippen LogP contribution in [0.5, 0.6) is 0 Å². The fourth-order valence-corrected chi connectivity index (χ4v) is 2.41. The summed E-state index contributed by atoms with van der Waals surface area (Å²) in [4.78, 5) is 25.1. The Bertz CT molecular complexity index is 582. The number of hydrogen-bond donors (Lipinski definition) is 2. The quantitative estimate of drug-likeness (QED) is 0.894. The second kappa shape index (κ2) is 5.61. The summed E-state index contributed by atoms with van der Waals surface area (Å²) in [6.07, 6.45) is -0.240. The Labute approximate surface area is 130 Å². The molecular weight excluding hydrogens is 284 g/mol. The minimum atomic E-state index is -1.54. The lowest BCUT2D eigenvalue weighted by Gasteiger charge is -2.36. The average molecular weight is 306 g/mol. The van der Waals surface area contributed by atoms with E-state index in [2.05, 4.69) is 5.32 Å². The Morgan fingerprint density at radius 3 is 2.41 bits per heavy atom. The lowest BCUT2D eigenvalue weighted by molar-refractivity contribution is -0.143. The molecule has 2 rings (SSSR count). The number of cyclic esters (lactones) is 1. The molecule has 22 heavy (non-hydrogen) atoms. The number of ether oxygens (including phenoxy) is 1. The monoisotopic (exact) mass is 306 g/mol. The van der Waals surface area contributed by atoms with Crippen LogP contribution in [-0.2, 0) is 9.53 Å². The van der Waals surface area contributed by atoms with Gasteiger partial charge in [0.05, 0.1) is 0 Å². The Kier molecular flexibility index (Phi) is 4.15. The zero-order valence-electron chi connectivity index (χ0n) is 13.3. The Morgan fingerprint density at radius 2 is 1.91 bits per heavy atom. The molecule has 2 atom stereocenters. The summed E-state index contributed by atoms with van der Waals surface area (Å²) in [6, 6.07) is 7.32. The SMILES string of the molecule is CC[C@]1(C)OC(=O)N(CC(=O)Nc2ccc(C)cc2)[C@@]1(C)O. The summed E-state index contributed by atoms with van der Waals surface area (Å²) in [5.41, 5.74) is -0.846. The van der Waals surface area contributed by atoms with Crippen molar-refractivity contribution >= 4 is 17.7 Å². The van der Waals surface area contributed by atoms with E-state index in [9.17, 15) is 14.7 Å². The molecule has 0 aromatic heterocycles. The highest BCUT2D eigenvalue weighted by Crippen LogP contribution is 2.39. The average Bonchev–Trinajstić information content (AvgIpc) is 2.62. The van der Waals surface area contributed by atoms with Crippen molar-refractivity contribution in [3.63, 3.8) is 0 Å². The maximum Gasteiger partial charge on any atom is 0.413 e. The molecule has 2 amide bonds. The molecule has 0 bridgehead atoms. The fourth-order valence-electron chi connectivity index (χ4n) is 2.41. The van der Waals surface area contributed by atoms with Crippen molar-refractivity contribution in [1.29, 1.82) is 0 Å². The van der Waals surface area contributed by atoms with E-state index in [0.29, 0.717) is 12.1 Å². The molecule has 6 heteroatoms. The highest BCUT2D eigenvalue weighted by molar-refractivity contribution is 5.94. The Morgan fingerprint density at radius 1 is 1.32 bits per heavy atom. The fraction of sp³-hybridized carbons (Fsp3) is 0.500. The van der Waals surface area contributed by atoms with Gasteiger partial charge in [-0.25, -0.2) is 4.79 Å². The number of rotatable bonds is 4. The summed E-state index contributed by atoms with van der Waals surface area (Å²) in [6.45, 7) is 6.64. The summed E-state index contributed by atoms with van der Waals surface area (Å²) >= 11 is 0. The minimum Gasteiger partial charge on any atom is -0.438 e. The third-order valence-electron chi connectivity index (χ3n) is 4.37. The third kappa shape index (κ3) is 2.78. The van der Waals surface area contributed by atoms with Crippen molar-refractivity contribution in [3.05, 3.63) is 29.8 Å². The molecule has 6 nitrogen and oxygen atoms in total. The van der Waals surface area contributed by atoms with Gasteiger partial charge in [-0.15, -0.1) is 0 Å². The van der Waals surface area contributed by atoms with E-state index in [0.717, 1.165) is 10.5 Å². The van der Waals surface area contributed by atoms with E-state index < -0.39 is 17.4 Å². The van der Waals surface area contributed by atoms with Crippen molar-refractivity contribution in [2.75, 3.05) is 11.9 Å². The van der Waals surface area contributed by atoms with Crippen LogP contribution in [-0.4, -0.2) is 39.9 Å². The molecule has 0 radical (unpaired) electrons. The van der Waals surface area contributed by atoms with E-state index >= 15 is 0 Å². The van der Waals surface area contributed by atoms with Gasteiger partial charge < -0.3 is 15.2 Å². The predicted octanol–water partition coefficient (Wildman–Crippen LogP) is 2.26. The van der Waals surface area contributed by atoms with Crippen LogP contribution in [0.4, 0.5) is 10.5 Å². The van der Waals surface area contributed by atoms with Crippen LogP contribution >= 0.6 is 0 Å². The van der Waals surface area contributed by atoms with Crippen LogP contribution < -0.4 is 5.32 Å². The van der Waals surface area contributed by atoms with Gasteiger partial charge in [0.25, 0.3) is 0 Å². The molecule has 1 aromatic carbocycles. The number of hydrogen-bond acceptors (Lipinski definition) is 4. The first-order valence-electron chi connectivity index (χ1n) is 7.29. The minimum absolute atomic E-state index is 0.269. The van der Waals surface area contributed by atoms with Crippen molar-refractivity contribution in [2.45, 2.75) is 45.4 Å². The summed E-state index contributed by atoms with van der Waals surface area (Å²) in [5, 5.41) is 13.3. The lowest BCUT2D eigenvalue weighted by Crippen LogP contribution is -2.56. The van der Waals surface area contributed by atoms with E-state index in [4.69, 9.17) is 4.74 Å². The molecule has 1 aromatic rings. The smallest absolute Gasteiger partial charge is 0.413 e. The van der Waals surface area contributed by atoms with E-state index in [-0.39, 0.29) is 12.5 Å². The topological polar surface area (TPSA) is 78.9 Å². The highest BCUT2D eigenvalue weighted by atomic mass is 16.6. The zero-order chi connectivity index (χ0) is 16.5. The summed E-state index contributed by atoms with van der Waals surface area (Å²) in [5.74, 6) is -0.388. The second-order valence-electron chi connectivity index (χ2n) is 5.97. The molecular formula is C16H22N2O4. The number of nitrogens with one attached hydrogen (secondary N) is 1. The standard InChI is InChI=1S/C16H22N2O4/c1-5-15(3)16(4,21)18(14(20)22-15)10-13(19)17-12-8-6-11(2)7-9-12/h6-9,21H,5,10H2,1-4H3,(H,17,19)/t15-,16-/m0/s1. The van der Waals surface area contributed by atoms with Crippen LogP contribution in [0.1, 0.15) is 32.8 Å². The van der Waals surface area contributed by atoms with E-state index in [1.165, 1.54) is 6.92 Å². The second-order valence-corrected chi connectivity index (χ2v) is 5.97. The predicted molar refractivity (Wildman–Crippen MR) is 82.3 cm³/mol. The van der Waals surface area contributed by atoms with Crippen LogP contribution in [0.2, 0.25) is 0 Å². The molecule has 0 saturated carbocycles. The van der Waals surface area contributed by atoms with Gasteiger partial charge in [0.1, 0.15) is 6.54 Å². The lowest BCUT2D eigenvalue weighted by atomic mass is 9.91. The van der Waals surface area contributed by atoms with Gasteiger partial charge >= 0.3 is 6.09 Å². The number of nitrogens with zero attached hydrogens (tertiary/aromatic N) is 1. The van der Waals surface area contributed by atoms with Gasteiger partial charge in [-0.1, -0.05) is 24.6 Å². The molecule has 0 unspecified atom stereocenters. The molecule has 1 saturated heterocycles. The van der Waals surface area contributed by atoms with Gasteiger partial charge in [0.15, 0.2) is 11.3 Å². The van der Waals surface area contributed by atoms with E-state index in [1.54, 1.807) is 19.1 Å². The maximum absolute atomic E-state index is 12.1. The number of carbonyl (C=O) groups excluding carboxylic acids is 2. The third-order valence-corrected chi connectivity index (χ3v) is 4.37. The number of aryl methyl sites for hydroxylation is 1. The van der Waals surface area contributed by atoms with Crippen molar-refractivity contribution in [3.8, 4) is 0 Å². The first-order valence-corrected chi connectivity index (χ1v) is 7.29. The number of amides is 2. The molecule has 1 heterocycles. The van der Waals surface area contributed by atoms with Crippen LogP contribution in [0.15, 0.2) is 24.3 Å². The molecule has 0 aliphatic carbocycles. The first kappa shape index (κ1) is 16.3. The number of anilines is 1. The zero-order valence-corrected chi connectivity index (χ0v) is 13.3. The largest absolute Gasteiger partial charge is 0.438 e. The first-order chi connectivity index (χ1) is 10.2. The summed E-state index contributed by atoms with van der Waals surface area (Å²) < 4.78 is 5.25. The number of aliphatic hydroxyl groups is 1. The van der Waals surface area contributed by atoms with E-state index in [1.807, 2.05) is 26.0 Å². The van der Waals surface area contributed by atoms with Crippen molar-refractivity contribution < 1.29 is 19.4 Å². The van der Waals surface area contributed by atoms with Gasteiger partial charge in [-0.2, -0.15) is 0 Å². The number of carbonyl (C=O) groups is 2. The Balaban J connectivity index is 2.08. The molecule has 2 N–H and O–H groups in total. The van der Waals surface area contributed by atoms with Crippen LogP contribution in [0, 0.1) is 6.92 Å². The summed E-state index contributed by atoms with van der Waals surface area (Å²) in [7, 11) is 0. The van der Waals surface area contributed by atoms with Crippen molar-refractivity contribution in [2.24, 2.45) is 0 Å². The molecule has 120 valence electrons. The highest BCUT2D eigenvalue weighted by Gasteiger charge is 2.58. The molecule has 1 aliphatic heterocycles. The van der Waals surface area contributed by atoms with Crippen molar-refractivity contribution in [1.82, 2.24) is 4.90 Å². The Hall–Kier alpha value is -2.08. The number of benzene rings is 1. The van der Waals surface area contributed by atoms with Gasteiger partial charge in [0.2, 0.25) is 5.91 Å². The molecule has 1 aliphatic rings. The van der Waals surface area contributed by atoms with Crippen LogP contribution in [0.3, 0.4) is 0 Å². The van der Waals surface area contributed by atoms with Gasteiger partial charge in [-0.05, 0) is 39.3 Å². The molecule has 0 spiro atoms. The van der Waals surface area contributed by atoms with Gasteiger partial charge in [0, 0.05) is 5.69 Å².